The predicted octanol–water partition coefficient (Wildman–Crippen LogP) is 2.03. The summed E-state index contributed by atoms with van der Waals surface area (Å²) in [5.74, 6) is -0.958. The van der Waals surface area contributed by atoms with Crippen molar-refractivity contribution in [2.45, 2.75) is 31.3 Å². The Bertz CT molecular complexity index is 430. The minimum absolute atomic E-state index is 0.199. The normalized spacial score (nSPS) is 23.9. The zero-order valence-electron chi connectivity index (χ0n) is 8.74. The van der Waals surface area contributed by atoms with E-state index in [1.165, 1.54) is 0 Å². The summed E-state index contributed by atoms with van der Waals surface area (Å²) < 4.78 is 0. The molecule has 0 saturated heterocycles. The number of rotatable bonds is 2. The summed E-state index contributed by atoms with van der Waals surface area (Å²) in [5.41, 5.74) is 1.01. The van der Waals surface area contributed by atoms with Gasteiger partial charge in [0, 0.05) is 11.4 Å². The topological polar surface area (TPSA) is 57.5 Å². The highest BCUT2D eigenvalue weighted by Gasteiger charge is 2.34. The zero-order valence-corrected chi connectivity index (χ0v) is 9.50. The molecule has 0 saturated carbocycles. The van der Waals surface area contributed by atoms with Gasteiger partial charge in [0.25, 0.3) is 0 Å². The lowest BCUT2D eigenvalue weighted by molar-refractivity contribution is -0.143. The van der Waals surface area contributed by atoms with Crippen molar-refractivity contribution in [1.82, 2.24) is 0 Å². The number of hydrogen-bond donors (Lipinski definition) is 2. The molecule has 86 valence electrons. The van der Waals surface area contributed by atoms with Gasteiger partial charge >= 0.3 is 5.97 Å². The number of aliphatic carboxylic acids is 1. The minimum atomic E-state index is -1.10. The number of fused-ring (bicyclic) bond motifs is 1. The molecule has 16 heavy (non-hydrogen) atoms. The van der Waals surface area contributed by atoms with Crippen LogP contribution in [0.4, 0.5) is 0 Å². The maximum atomic E-state index is 10.7. The minimum Gasteiger partial charge on any atom is -0.481 e. The van der Waals surface area contributed by atoms with Crippen LogP contribution < -0.4 is 0 Å². The van der Waals surface area contributed by atoms with E-state index in [0.717, 1.165) is 11.1 Å². The van der Waals surface area contributed by atoms with Gasteiger partial charge in [-0.1, -0.05) is 17.7 Å². The van der Waals surface area contributed by atoms with Gasteiger partial charge in [-0.05, 0) is 36.1 Å². The molecule has 0 aliphatic heterocycles. The average molecular weight is 241 g/mol. The van der Waals surface area contributed by atoms with Gasteiger partial charge in [0.2, 0.25) is 0 Å². The molecule has 2 N–H and O–H groups in total. The first-order chi connectivity index (χ1) is 7.48. The summed E-state index contributed by atoms with van der Waals surface area (Å²) in [5, 5.41) is 19.6. The van der Waals surface area contributed by atoms with Gasteiger partial charge in [-0.25, -0.2) is 0 Å². The highest BCUT2D eigenvalue weighted by atomic mass is 35.5. The molecule has 1 unspecified atom stereocenters. The van der Waals surface area contributed by atoms with Crippen molar-refractivity contribution in [3.8, 4) is 0 Å². The Morgan fingerprint density at radius 3 is 2.88 bits per heavy atom. The summed E-state index contributed by atoms with van der Waals surface area (Å²) in [6, 6.07) is 5.52. The van der Waals surface area contributed by atoms with Gasteiger partial charge in [-0.3, -0.25) is 4.79 Å². The summed E-state index contributed by atoms with van der Waals surface area (Å²) >= 11 is 5.88. The lowest BCUT2D eigenvalue weighted by Gasteiger charge is -2.32. The fourth-order valence-corrected chi connectivity index (χ4v) is 2.44. The first-order valence-electron chi connectivity index (χ1n) is 5.20. The van der Waals surface area contributed by atoms with E-state index in [0.29, 0.717) is 24.3 Å². The van der Waals surface area contributed by atoms with Gasteiger partial charge < -0.3 is 10.2 Å². The van der Waals surface area contributed by atoms with E-state index in [9.17, 15) is 9.90 Å². The van der Waals surface area contributed by atoms with E-state index >= 15 is 0 Å². The third kappa shape index (κ3) is 2.36. The third-order valence-corrected chi connectivity index (χ3v) is 3.26. The fraction of sp³-hybridized carbons (Fsp3) is 0.417. The second-order valence-corrected chi connectivity index (χ2v) is 4.82. The standard InChI is InChI=1S/C12H13ClO3/c13-10-2-1-9-6-12(16,7-11(14)15)4-3-8(9)5-10/h1-2,5,16H,3-4,6-7H2,(H,14,15). The first-order valence-corrected chi connectivity index (χ1v) is 5.58. The number of carboxylic acids is 1. The number of benzene rings is 1. The molecule has 1 atom stereocenters. The van der Waals surface area contributed by atoms with Crippen LogP contribution in [-0.4, -0.2) is 21.8 Å². The van der Waals surface area contributed by atoms with Crippen LogP contribution in [0.5, 0.6) is 0 Å². The van der Waals surface area contributed by atoms with E-state index < -0.39 is 11.6 Å². The van der Waals surface area contributed by atoms with E-state index in [-0.39, 0.29) is 6.42 Å². The van der Waals surface area contributed by atoms with Crippen LogP contribution in [0.1, 0.15) is 24.0 Å². The molecule has 0 bridgehead atoms. The molecule has 3 nitrogen and oxygen atoms in total. The Hall–Kier alpha value is -1.06. The van der Waals surface area contributed by atoms with Crippen LogP contribution in [0.25, 0.3) is 0 Å². The SMILES string of the molecule is O=C(O)CC1(O)CCc2cc(Cl)ccc2C1. The fourth-order valence-electron chi connectivity index (χ4n) is 2.24. The van der Waals surface area contributed by atoms with Crippen LogP contribution in [0.2, 0.25) is 5.02 Å². The van der Waals surface area contributed by atoms with Crippen molar-refractivity contribution in [2.24, 2.45) is 0 Å². The summed E-state index contributed by atoms with van der Waals surface area (Å²) in [4.78, 5) is 10.7. The van der Waals surface area contributed by atoms with E-state index in [4.69, 9.17) is 16.7 Å². The molecular weight excluding hydrogens is 228 g/mol. The molecule has 2 rings (SSSR count). The highest BCUT2D eigenvalue weighted by molar-refractivity contribution is 6.30. The van der Waals surface area contributed by atoms with Crippen molar-refractivity contribution in [2.75, 3.05) is 0 Å². The number of aliphatic hydroxyl groups is 1. The Labute approximate surface area is 98.7 Å². The first kappa shape index (κ1) is 11.4. The van der Waals surface area contributed by atoms with Crippen molar-refractivity contribution in [3.63, 3.8) is 0 Å². The lowest BCUT2D eigenvalue weighted by Crippen LogP contribution is -2.38. The number of halogens is 1. The smallest absolute Gasteiger partial charge is 0.306 e. The molecule has 0 radical (unpaired) electrons. The summed E-state index contributed by atoms with van der Waals surface area (Å²) in [6.45, 7) is 0. The molecule has 0 spiro atoms. The molecule has 0 fully saturated rings. The molecule has 1 aliphatic rings. The predicted molar refractivity (Wildman–Crippen MR) is 60.7 cm³/mol. The Balaban J connectivity index is 2.23. The van der Waals surface area contributed by atoms with Crippen LogP contribution in [0, 0.1) is 0 Å². The van der Waals surface area contributed by atoms with Crippen molar-refractivity contribution in [3.05, 3.63) is 34.3 Å². The maximum Gasteiger partial charge on any atom is 0.306 e. The lowest BCUT2D eigenvalue weighted by atomic mass is 9.79. The number of carbonyl (C=O) groups is 1. The van der Waals surface area contributed by atoms with Crippen molar-refractivity contribution in [1.29, 1.82) is 0 Å². The van der Waals surface area contributed by atoms with Gasteiger partial charge in [-0.15, -0.1) is 0 Å². The summed E-state index contributed by atoms with van der Waals surface area (Å²) in [7, 11) is 0. The molecular formula is C12H13ClO3. The van der Waals surface area contributed by atoms with Crippen LogP contribution in [0.15, 0.2) is 18.2 Å². The van der Waals surface area contributed by atoms with E-state index in [1.807, 2.05) is 12.1 Å². The largest absolute Gasteiger partial charge is 0.481 e. The van der Waals surface area contributed by atoms with Crippen LogP contribution >= 0.6 is 11.6 Å². The van der Waals surface area contributed by atoms with Gasteiger partial charge in [0.05, 0.1) is 12.0 Å². The average Bonchev–Trinajstić information content (AvgIpc) is 2.17. The maximum absolute atomic E-state index is 10.7. The van der Waals surface area contributed by atoms with Crippen LogP contribution in [0.3, 0.4) is 0 Å². The van der Waals surface area contributed by atoms with Crippen LogP contribution in [-0.2, 0) is 17.6 Å². The number of carboxylic acid groups (broad SMARTS) is 1. The molecule has 1 aromatic rings. The van der Waals surface area contributed by atoms with Crippen molar-refractivity contribution >= 4 is 17.6 Å². The Morgan fingerprint density at radius 2 is 2.19 bits per heavy atom. The molecule has 1 aliphatic carbocycles. The molecule has 0 aromatic heterocycles. The molecule has 0 heterocycles. The molecule has 4 heteroatoms. The Morgan fingerprint density at radius 1 is 1.44 bits per heavy atom. The quantitative estimate of drug-likeness (QED) is 0.832. The van der Waals surface area contributed by atoms with Gasteiger partial charge in [0.15, 0.2) is 0 Å². The second kappa shape index (κ2) is 4.07. The van der Waals surface area contributed by atoms with Gasteiger partial charge in [-0.2, -0.15) is 0 Å². The van der Waals surface area contributed by atoms with E-state index in [1.54, 1.807) is 6.07 Å². The Kier molecular flexibility index (Phi) is 2.91. The molecule has 0 amide bonds. The van der Waals surface area contributed by atoms with Crippen molar-refractivity contribution < 1.29 is 15.0 Å². The monoisotopic (exact) mass is 240 g/mol. The number of aryl methyl sites for hydroxylation is 1. The zero-order chi connectivity index (χ0) is 11.8. The number of hydrogen-bond acceptors (Lipinski definition) is 2. The molecule has 1 aromatic carbocycles. The van der Waals surface area contributed by atoms with Gasteiger partial charge in [0.1, 0.15) is 0 Å². The third-order valence-electron chi connectivity index (χ3n) is 3.03. The highest BCUT2D eigenvalue weighted by Crippen LogP contribution is 2.32. The second-order valence-electron chi connectivity index (χ2n) is 4.38. The summed E-state index contributed by atoms with van der Waals surface area (Å²) in [6.07, 6.45) is 1.35. The van der Waals surface area contributed by atoms with E-state index in [2.05, 4.69) is 0 Å².